The van der Waals surface area contributed by atoms with Crippen LogP contribution in [0.3, 0.4) is 0 Å². The van der Waals surface area contributed by atoms with Crippen LogP contribution >= 0.6 is 0 Å². The molecule has 0 spiro atoms. The second-order valence-electron chi connectivity index (χ2n) is 5.75. The van der Waals surface area contributed by atoms with E-state index in [-0.39, 0.29) is 23.2 Å². The van der Waals surface area contributed by atoms with Gasteiger partial charge in [0.2, 0.25) is 5.88 Å². The van der Waals surface area contributed by atoms with Crippen LogP contribution in [0.4, 0.5) is 4.39 Å². The number of ketones is 1. The molecule has 0 aromatic heterocycles. The number of carbonyl (C=O) groups is 1. The Morgan fingerprint density at radius 2 is 2.18 bits per heavy atom. The molecule has 2 N–H and O–H groups in total. The smallest absolute Gasteiger partial charge is 0.205 e. The Bertz CT molecular complexity index is 758. The lowest BCUT2D eigenvalue weighted by molar-refractivity contribution is -0.117. The van der Waals surface area contributed by atoms with Gasteiger partial charge in [-0.3, -0.25) is 4.79 Å². The summed E-state index contributed by atoms with van der Waals surface area (Å²) >= 11 is 0. The van der Waals surface area contributed by atoms with Gasteiger partial charge in [-0.15, -0.1) is 0 Å². The summed E-state index contributed by atoms with van der Waals surface area (Å²) < 4.78 is 19.1. The summed E-state index contributed by atoms with van der Waals surface area (Å²) in [6.07, 6.45) is 0.985. The lowest BCUT2D eigenvalue weighted by Crippen LogP contribution is -2.29. The molecule has 0 unspecified atom stereocenters. The minimum absolute atomic E-state index is 0.00240. The number of allylic oxidation sites excluding steroid dienone is 3. The molecule has 1 aromatic carbocycles. The second-order valence-corrected chi connectivity index (χ2v) is 5.75. The second kappa shape index (κ2) is 5.30. The van der Waals surface area contributed by atoms with Crippen LogP contribution in [0.15, 0.2) is 47.1 Å². The molecule has 0 amide bonds. The van der Waals surface area contributed by atoms with E-state index in [1.54, 1.807) is 12.1 Å². The summed E-state index contributed by atoms with van der Waals surface area (Å²) in [4.78, 5) is 12.5. The van der Waals surface area contributed by atoms with Crippen molar-refractivity contribution in [3.8, 4) is 6.07 Å². The van der Waals surface area contributed by atoms with Gasteiger partial charge in [-0.25, -0.2) is 4.39 Å². The molecule has 1 aliphatic carbocycles. The highest BCUT2D eigenvalue weighted by molar-refractivity contribution is 5.99. The number of nitrogens with two attached hydrogens (primary N) is 1. The van der Waals surface area contributed by atoms with Gasteiger partial charge in [0.1, 0.15) is 23.2 Å². The highest BCUT2D eigenvalue weighted by Crippen LogP contribution is 2.44. The van der Waals surface area contributed by atoms with E-state index in [0.29, 0.717) is 29.7 Å². The fourth-order valence-electron chi connectivity index (χ4n) is 3.11. The number of carbonyl (C=O) groups excluding carboxylic acids is 1. The third-order valence-corrected chi connectivity index (χ3v) is 4.05. The summed E-state index contributed by atoms with van der Waals surface area (Å²) in [5, 5.41) is 9.40. The van der Waals surface area contributed by atoms with E-state index in [9.17, 15) is 14.4 Å². The van der Waals surface area contributed by atoms with Gasteiger partial charge in [-0.05, 0) is 23.6 Å². The van der Waals surface area contributed by atoms with E-state index < -0.39 is 11.7 Å². The highest BCUT2D eigenvalue weighted by atomic mass is 19.1. The van der Waals surface area contributed by atoms with Gasteiger partial charge in [-0.1, -0.05) is 19.1 Å². The van der Waals surface area contributed by atoms with Crippen molar-refractivity contribution in [2.24, 2.45) is 11.7 Å². The number of nitrogens with zero attached hydrogens (tertiary/aromatic N) is 1. The zero-order valence-electron chi connectivity index (χ0n) is 12.1. The molecule has 0 saturated carbocycles. The van der Waals surface area contributed by atoms with Gasteiger partial charge < -0.3 is 10.5 Å². The average Bonchev–Trinajstić information content (AvgIpc) is 2.45. The van der Waals surface area contributed by atoms with E-state index in [1.807, 2.05) is 13.0 Å². The van der Waals surface area contributed by atoms with Crippen LogP contribution in [0.5, 0.6) is 0 Å². The Balaban J connectivity index is 2.19. The molecule has 2 aliphatic rings. The summed E-state index contributed by atoms with van der Waals surface area (Å²) in [7, 11) is 0. The predicted octanol–water partition coefficient (Wildman–Crippen LogP) is 2.89. The van der Waals surface area contributed by atoms with E-state index in [4.69, 9.17) is 10.5 Å². The molecule has 0 radical (unpaired) electrons. The van der Waals surface area contributed by atoms with Crippen LogP contribution in [0.2, 0.25) is 0 Å². The largest absolute Gasteiger partial charge is 0.444 e. The van der Waals surface area contributed by atoms with Gasteiger partial charge in [0.25, 0.3) is 0 Å². The van der Waals surface area contributed by atoms with Crippen molar-refractivity contribution in [3.05, 3.63) is 58.4 Å². The molecule has 0 bridgehead atoms. The van der Waals surface area contributed by atoms with E-state index in [2.05, 4.69) is 0 Å². The molecule has 0 fully saturated rings. The molecule has 112 valence electrons. The summed E-state index contributed by atoms with van der Waals surface area (Å²) in [5.74, 6) is -0.464. The summed E-state index contributed by atoms with van der Waals surface area (Å²) in [6.45, 7) is 1.96. The Kier molecular flexibility index (Phi) is 3.45. The van der Waals surface area contributed by atoms with E-state index in [1.165, 1.54) is 12.1 Å². The predicted molar refractivity (Wildman–Crippen MR) is 77.5 cm³/mol. The molecule has 4 nitrogen and oxygen atoms in total. The number of hydrogen-bond donors (Lipinski definition) is 1. The molecular formula is C17H15FN2O2. The molecule has 3 rings (SSSR count). The third-order valence-electron chi connectivity index (χ3n) is 4.05. The molecule has 2 atom stereocenters. The molecule has 1 aromatic rings. The molecule has 0 saturated heterocycles. The topological polar surface area (TPSA) is 76.1 Å². The molecule has 22 heavy (non-hydrogen) atoms. The molecule has 5 heteroatoms. The fraction of sp³-hybridized carbons (Fsp3) is 0.294. The Morgan fingerprint density at radius 3 is 2.86 bits per heavy atom. The van der Waals surface area contributed by atoms with E-state index >= 15 is 0 Å². The first-order valence-corrected chi connectivity index (χ1v) is 7.10. The SMILES string of the molecule is C[C@H]1CC(=O)C2=C(C1)OC(N)=C(C#N)[C@@H]2c1cccc(F)c1. The lowest BCUT2D eigenvalue weighted by Gasteiger charge is -2.32. The van der Waals surface area contributed by atoms with Crippen LogP contribution in [0.25, 0.3) is 0 Å². The van der Waals surface area contributed by atoms with Crippen molar-refractivity contribution in [1.82, 2.24) is 0 Å². The number of benzene rings is 1. The highest BCUT2D eigenvalue weighted by Gasteiger charge is 2.39. The minimum atomic E-state index is -0.649. The minimum Gasteiger partial charge on any atom is -0.444 e. The summed E-state index contributed by atoms with van der Waals surface area (Å²) in [5.41, 5.74) is 6.99. The van der Waals surface area contributed by atoms with Crippen molar-refractivity contribution in [2.45, 2.75) is 25.7 Å². The van der Waals surface area contributed by atoms with Crippen molar-refractivity contribution in [2.75, 3.05) is 0 Å². The van der Waals surface area contributed by atoms with Crippen molar-refractivity contribution in [3.63, 3.8) is 0 Å². The van der Waals surface area contributed by atoms with Gasteiger partial charge in [0.05, 0.1) is 5.92 Å². The Labute approximate surface area is 127 Å². The third kappa shape index (κ3) is 2.27. The quantitative estimate of drug-likeness (QED) is 0.865. The summed E-state index contributed by atoms with van der Waals surface area (Å²) in [6, 6.07) is 7.91. The molecular weight excluding hydrogens is 283 g/mol. The van der Waals surface area contributed by atoms with Gasteiger partial charge in [0, 0.05) is 18.4 Å². The van der Waals surface area contributed by atoms with Gasteiger partial charge in [0.15, 0.2) is 5.78 Å². The monoisotopic (exact) mass is 298 g/mol. The number of rotatable bonds is 1. The first-order valence-electron chi connectivity index (χ1n) is 7.10. The van der Waals surface area contributed by atoms with Crippen LogP contribution in [-0.4, -0.2) is 5.78 Å². The number of ether oxygens (including phenoxy) is 1. The zero-order chi connectivity index (χ0) is 15.9. The van der Waals surface area contributed by atoms with Crippen LogP contribution < -0.4 is 5.73 Å². The number of Topliss-reactive ketones (excluding diaryl/α,β-unsaturated/α-hetero) is 1. The van der Waals surface area contributed by atoms with Crippen molar-refractivity contribution >= 4 is 5.78 Å². The van der Waals surface area contributed by atoms with Crippen LogP contribution in [0, 0.1) is 23.1 Å². The van der Waals surface area contributed by atoms with Crippen LogP contribution in [-0.2, 0) is 9.53 Å². The van der Waals surface area contributed by atoms with Gasteiger partial charge >= 0.3 is 0 Å². The van der Waals surface area contributed by atoms with Gasteiger partial charge in [-0.2, -0.15) is 5.26 Å². The Hall–Kier alpha value is -2.61. The fourth-order valence-corrected chi connectivity index (χ4v) is 3.11. The number of hydrogen-bond acceptors (Lipinski definition) is 4. The molecule has 1 aliphatic heterocycles. The maximum atomic E-state index is 13.6. The van der Waals surface area contributed by atoms with Crippen LogP contribution in [0.1, 0.15) is 31.2 Å². The average molecular weight is 298 g/mol. The first-order chi connectivity index (χ1) is 10.5. The zero-order valence-corrected chi connectivity index (χ0v) is 12.1. The lowest BCUT2D eigenvalue weighted by atomic mass is 9.75. The number of halogens is 1. The van der Waals surface area contributed by atoms with E-state index in [0.717, 1.165) is 0 Å². The first kappa shape index (κ1) is 14.3. The Morgan fingerprint density at radius 1 is 1.41 bits per heavy atom. The van der Waals surface area contributed by atoms with Crippen molar-refractivity contribution in [1.29, 1.82) is 5.26 Å². The van der Waals surface area contributed by atoms with Crippen molar-refractivity contribution < 1.29 is 13.9 Å². The standard InChI is InChI=1S/C17H15FN2O2/c1-9-5-13(21)16-14(6-9)22-17(20)12(8-19)15(16)10-3-2-4-11(18)7-10/h2-4,7,9,15H,5-6,20H2,1H3/t9-,15-/m0/s1. The maximum absolute atomic E-state index is 13.6. The number of nitriles is 1. The molecule has 1 heterocycles. The maximum Gasteiger partial charge on any atom is 0.205 e. The normalized spacial score (nSPS) is 24.7.